The van der Waals surface area contributed by atoms with Crippen molar-refractivity contribution in [3.05, 3.63) is 0 Å². The molecule has 4 heteroatoms. The summed E-state index contributed by atoms with van der Waals surface area (Å²) in [5.74, 6) is 6.63. The molecule has 0 amide bonds. The first-order valence-electron chi connectivity index (χ1n) is 8.57. The summed E-state index contributed by atoms with van der Waals surface area (Å²) in [6, 6.07) is 2.13. The minimum absolute atomic E-state index is 0.508. The van der Waals surface area contributed by atoms with Gasteiger partial charge >= 0.3 is 0 Å². The van der Waals surface area contributed by atoms with Gasteiger partial charge in [-0.1, -0.05) is 0 Å². The van der Waals surface area contributed by atoms with E-state index in [9.17, 15) is 0 Å². The molecule has 3 rings (SSSR count). The van der Waals surface area contributed by atoms with Gasteiger partial charge in [0.15, 0.2) is 0 Å². The molecule has 3 N–H and O–H groups in total. The molecular weight excluding hydrogens is 250 g/mol. The van der Waals surface area contributed by atoms with Gasteiger partial charge in [0.1, 0.15) is 0 Å². The molecule has 3 fully saturated rings. The molecule has 4 unspecified atom stereocenters. The van der Waals surface area contributed by atoms with Crippen molar-refractivity contribution in [1.82, 2.24) is 10.3 Å². The Hall–Kier alpha value is -0.160. The zero-order valence-electron chi connectivity index (χ0n) is 12.9. The van der Waals surface area contributed by atoms with Crippen LogP contribution in [-0.4, -0.2) is 42.8 Å². The second-order valence-electron chi connectivity index (χ2n) is 7.12. The Morgan fingerprint density at radius 3 is 2.60 bits per heavy atom. The van der Waals surface area contributed by atoms with Gasteiger partial charge in [0.05, 0.1) is 6.10 Å². The van der Waals surface area contributed by atoms with Crippen LogP contribution in [0.15, 0.2) is 0 Å². The number of ether oxygens (including phenoxy) is 1. The monoisotopic (exact) mass is 281 g/mol. The fraction of sp³-hybridized carbons (Fsp3) is 1.00. The summed E-state index contributed by atoms with van der Waals surface area (Å²) < 4.78 is 5.71. The highest BCUT2D eigenvalue weighted by atomic mass is 16.5. The van der Waals surface area contributed by atoms with E-state index in [2.05, 4.69) is 17.4 Å². The SMILES string of the molecule is CN1C2CCC1CC(C(CCCC1CCCO1)NN)C2. The topological polar surface area (TPSA) is 50.5 Å². The number of rotatable bonds is 6. The maximum atomic E-state index is 5.85. The van der Waals surface area contributed by atoms with Crippen molar-refractivity contribution in [2.75, 3.05) is 13.7 Å². The maximum Gasteiger partial charge on any atom is 0.0576 e. The van der Waals surface area contributed by atoms with Crippen LogP contribution in [0, 0.1) is 5.92 Å². The quantitative estimate of drug-likeness (QED) is 0.578. The second kappa shape index (κ2) is 6.73. The third kappa shape index (κ3) is 3.19. The van der Waals surface area contributed by atoms with Crippen molar-refractivity contribution in [2.45, 2.75) is 82.0 Å². The van der Waals surface area contributed by atoms with Crippen LogP contribution in [0.4, 0.5) is 0 Å². The lowest BCUT2D eigenvalue weighted by atomic mass is 9.83. The van der Waals surface area contributed by atoms with Crippen LogP contribution in [0.1, 0.15) is 57.8 Å². The first kappa shape index (κ1) is 14.8. The zero-order valence-corrected chi connectivity index (χ0v) is 12.9. The van der Waals surface area contributed by atoms with Crippen molar-refractivity contribution in [3.63, 3.8) is 0 Å². The van der Waals surface area contributed by atoms with Crippen molar-refractivity contribution >= 4 is 0 Å². The van der Waals surface area contributed by atoms with E-state index in [4.69, 9.17) is 10.6 Å². The second-order valence-corrected chi connectivity index (χ2v) is 7.12. The lowest BCUT2D eigenvalue weighted by molar-refractivity contribution is 0.0929. The van der Waals surface area contributed by atoms with E-state index in [1.807, 2.05) is 0 Å². The van der Waals surface area contributed by atoms with Gasteiger partial charge in [-0.3, -0.25) is 11.3 Å². The number of nitrogens with zero attached hydrogens (tertiary/aromatic N) is 1. The number of hydrogen-bond donors (Lipinski definition) is 2. The van der Waals surface area contributed by atoms with Crippen LogP contribution in [0.25, 0.3) is 0 Å². The van der Waals surface area contributed by atoms with Gasteiger partial charge in [-0.05, 0) is 70.8 Å². The molecule has 4 atom stereocenters. The lowest BCUT2D eigenvalue weighted by Gasteiger charge is -2.39. The van der Waals surface area contributed by atoms with E-state index >= 15 is 0 Å². The number of hydrogen-bond acceptors (Lipinski definition) is 4. The summed E-state index contributed by atoms with van der Waals surface area (Å²) in [4.78, 5) is 2.61. The van der Waals surface area contributed by atoms with Crippen LogP contribution in [0.5, 0.6) is 0 Å². The molecule has 20 heavy (non-hydrogen) atoms. The van der Waals surface area contributed by atoms with Gasteiger partial charge in [0.25, 0.3) is 0 Å². The van der Waals surface area contributed by atoms with Gasteiger partial charge in [-0.15, -0.1) is 0 Å². The Kier molecular flexibility index (Phi) is 4.97. The van der Waals surface area contributed by atoms with Gasteiger partial charge < -0.3 is 9.64 Å². The molecule has 3 heterocycles. The highest BCUT2D eigenvalue weighted by Crippen LogP contribution is 2.39. The number of nitrogens with two attached hydrogens (primary N) is 1. The maximum absolute atomic E-state index is 5.85. The molecule has 0 aliphatic carbocycles. The normalized spacial score (nSPS) is 39.3. The van der Waals surface area contributed by atoms with Gasteiger partial charge in [0, 0.05) is 24.7 Å². The zero-order chi connectivity index (χ0) is 13.9. The third-order valence-electron chi connectivity index (χ3n) is 5.98. The van der Waals surface area contributed by atoms with Gasteiger partial charge in [-0.2, -0.15) is 0 Å². The highest BCUT2D eigenvalue weighted by molar-refractivity contribution is 4.96. The molecule has 3 saturated heterocycles. The molecule has 0 spiro atoms. The van der Waals surface area contributed by atoms with Crippen molar-refractivity contribution in [2.24, 2.45) is 11.8 Å². The predicted octanol–water partition coefficient (Wildman–Crippen LogP) is 2.04. The summed E-state index contributed by atoms with van der Waals surface area (Å²) in [6.45, 7) is 0.974. The van der Waals surface area contributed by atoms with E-state index in [1.165, 1.54) is 57.8 Å². The Bertz CT molecular complexity index is 292. The molecule has 0 aromatic carbocycles. The molecule has 3 aliphatic heterocycles. The van der Waals surface area contributed by atoms with Crippen LogP contribution >= 0.6 is 0 Å². The molecule has 3 aliphatic rings. The standard InChI is InChI=1S/C16H31N3O/c1-19-13-7-8-14(19)11-12(10-13)16(18-17)6-2-4-15-5-3-9-20-15/h12-16,18H,2-11,17H2,1H3. The number of nitrogens with one attached hydrogen (secondary N) is 1. The Morgan fingerprint density at radius 1 is 1.25 bits per heavy atom. The fourth-order valence-electron chi connectivity index (χ4n) is 4.67. The van der Waals surface area contributed by atoms with Gasteiger partial charge in [-0.25, -0.2) is 0 Å². The molecule has 0 saturated carbocycles. The first-order valence-corrected chi connectivity index (χ1v) is 8.57. The molecule has 0 aromatic rings. The number of piperidine rings is 1. The third-order valence-corrected chi connectivity index (χ3v) is 5.98. The van der Waals surface area contributed by atoms with Crippen molar-refractivity contribution in [3.8, 4) is 0 Å². The van der Waals surface area contributed by atoms with E-state index in [0.29, 0.717) is 12.1 Å². The van der Waals surface area contributed by atoms with E-state index < -0.39 is 0 Å². The largest absolute Gasteiger partial charge is 0.378 e. The van der Waals surface area contributed by atoms with E-state index in [0.717, 1.165) is 24.6 Å². The minimum Gasteiger partial charge on any atom is -0.378 e. The summed E-state index contributed by atoms with van der Waals surface area (Å²) in [5.41, 5.74) is 3.12. The molecular formula is C16H31N3O. The summed E-state index contributed by atoms with van der Waals surface area (Å²) in [5, 5.41) is 0. The molecule has 116 valence electrons. The van der Waals surface area contributed by atoms with E-state index in [-0.39, 0.29) is 0 Å². The van der Waals surface area contributed by atoms with Crippen molar-refractivity contribution < 1.29 is 4.74 Å². The molecule has 2 bridgehead atoms. The fourth-order valence-corrected chi connectivity index (χ4v) is 4.67. The highest BCUT2D eigenvalue weighted by Gasteiger charge is 2.40. The van der Waals surface area contributed by atoms with Crippen LogP contribution < -0.4 is 11.3 Å². The molecule has 0 radical (unpaired) electrons. The van der Waals surface area contributed by atoms with Crippen LogP contribution in [-0.2, 0) is 4.74 Å². The Balaban J connectivity index is 1.44. The predicted molar refractivity (Wildman–Crippen MR) is 81.2 cm³/mol. The molecule has 0 aromatic heterocycles. The Labute approximate surface area is 123 Å². The first-order chi connectivity index (χ1) is 9.78. The summed E-state index contributed by atoms with van der Waals surface area (Å²) in [7, 11) is 2.31. The Morgan fingerprint density at radius 2 is 2.00 bits per heavy atom. The van der Waals surface area contributed by atoms with Crippen LogP contribution in [0.2, 0.25) is 0 Å². The average molecular weight is 281 g/mol. The smallest absolute Gasteiger partial charge is 0.0576 e. The van der Waals surface area contributed by atoms with Crippen LogP contribution in [0.3, 0.4) is 0 Å². The average Bonchev–Trinajstić information content (AvgIpc) is 3.01. The van der Waals surface area contributed by atoms with Gasteiger partial charge in [0.2, 0.25) is 0 Å². The number of hydrazine groups is 1. The van der Waals surface area contributed by atoms with Crippen molar-refractivity contribution in [1.29, 1.82) is 0 Å². The molecule has 4 nitrogen and oxygen atoms in total. The van der Waals surface area contributed by atoms with E-state index in [1.54, 1.807) is 0 Å². The lowest BCUT2D eigenvalue weighted by Crippen LogP contribution is -2.48. The minimum atomic E-state index is 0.508. The summed E-state index contributed by atoms with van der Waals surface area (Å²) in [6.07, 6.45) is 12.2. The summed E-state index contributed by atoms with van der Waals surface area (Å²) >= 11 is 0. The number of fused-ring (bicyclic) bond motifs is 2.